The van der Waals surface area contributed by atoms with Gasteiger partial charge in [-0.2, -0.15) is 0 Å². The Balaban J connectivity index is 2.29. The molecule has 1 aromatic rings. The van der Waals surface area contributed by atoms with E-state index >= 15 is 0 Å². The Morgan fingerprint density at radius 1 is 1.62 bits per heavy atom. The van der Waals surface area contributed by atoms with Crippen LogP contribution < -0.4 is 4.90 Å². The van der Waals surface area contributed by atoms with Gasteiger partial charge in [0.05, 0.1) is 3.57 Å². The summed E-state index contributed by atoms with van der Waals surface area (Å²) in [4.78, 5) is 17.4. The van der Waals surface area contributed by atoms with Crippen molar-refractivity contribution in [2.75, 3.05) is 11.4 Å². The average molecular weight is 347 g/mol. The van der Waals surface area contributed by atoms with E-state index in [1.54, 1.807) is 11.0 Å². The standard InChI is InChI=1S/C11H8ClIN2O/c1-2-7-5-10(16)15(6-7)9-4-3-8(13)11(12)14-9/h1,3-4,7H,5-6H2. The molecular formula is C11H8ClIN2O. The molecule has 5 heteroatoms. The molecule has 0 bridgehead atoms. The van der Waals surface area contributed by atoms with Crippen LogP contribution in [0.1, 0.15) is 6.42 Å². The molecule has 0 saturated carbocycles. The van der Waals surface area contributed by atoms with E-state index in [0.717, 1.165) is 3.57 Å². The van der Waals surface area contributed by atoms with Gasteiger partial charge in [0.25, 0.3) is 0 Å². The Bertz CT molecular complexity index is 483. The van der Waals surface area contributed by atoms with Gasteiger partial charge in [-0.25, -0.2) is 4.98 Å². The number of rotatable bonds is 1. The Labute approximate surface area is 112 Å². The van der Waals surface area contributed by atoms with Crippen molar-refractivity contribution in [3.05, 3.63) is 20.9 Å². The number of terminal acetylenes is 1. The molecule has 2 heterocycles. The molecule has 0 aliphatic carbocycles. The predicted octanol–water partition coefficient (Wildman–Crippen LogP) is 2.33. The van der Waals surface area contributed by atoms with Gasteiger partial charge >= 0.3 is 0 Å². The zero-order chi connectivity index (χ0) is 11.7. The van der Waals surface area contributed by atoms with Gasteiger partial charge in [-0.3, -0.25) is 9.69 Å². The number of carbonyl (C=O) groups excluding carboxylic acids is 1. The highest BCUT2D eigenvalue weighted by molar-refractivity contribution is 14.1. The number of halogens is 2. The smallest absolute Gasteiger partial charge is 0.229 e. The summed E-state index contributed by atoms with van der Waals surface area (Å²) in [5, 5.41) is 0.412. The van der Waals surface area contributed by atoms with Gasteiger partial charge in [-0.1, -0.05) is 11.6 Å². The number of pyridine rings is 1. The van der Waals surface area contributed by atoms with E-state index in [-0.39, 0.29) is 11.8 Å². The maximum absolute atomic E-state index is 11.7. The van der Waals surface area contributed by atoms with Crippen LogP contribution in [0.25, 0.3) is 0 Å². The van der Waals surface area contributed by atoms with Gasteiger partial charge in [0.15, 0.2) is 0 Å². The number of carbonyl (C=O) groups is 1. The topological polar surface area (TPSA) is 33.2 Å². The summed E-state index contributed by atoms with van der Waals surface area (Å²) >= 11 is 8.00. The predicted molar refractivity (Wildman–Crippen MR) is 71.3 cm³/mol. The van der Waals surface area contributed by atoms with Crippen LogP contribution in [0.5, 0.6) is 0 Å². The molecule has 0 spiro atoms. The maximum Gasteiger partial charge on any atom is 0.229 e. The van der Waals surface area contributed by atoms with Crippen LogP contribution in [0.2, 0.25) is 5.15 Å². The molecule has 3 nitrogen and oxygen atoms in total. The normalized spacial score (nSPS) is 19.9. The van der Waals surface area contributed by atoms with E-state index in [2.05, 4.69) is 33.5 Å². The second kappa shape index (κ2) is 4.60. The lowest BCUT2D eigenvalue weighted by Crippen LogP contribution is -2.25. The highest BCUT2D eigenvalue weighted by Gasteiger charge is 2.30. The van der Waals surface area contributed by atoms with E-state index in [1.807, 2.05) is 6.07 Å². The van der Waals surface area contributed by atoms with Crippen molar-refractivity contribution in [3.63, 3.8) is 0 Å². The van der Waals surface area contributed by atoms with Crippen LogP contribution in [0.3, 0.4) is 0 Å². The first-order chi connectivity index (χ1) is 7.61. The second-order valence-corrected chi connectivity index (χ2v) is 5.03. The Kier molecular flexibility index (Phi) is 3.36. The van der Waals surface area contributed by atoms with Gasteiger partial charge < -0.3 is 0 Å². The van der Waals surface area contributed by atoms with Gasteiger partial charge in [-0.05, 0) is 34.7 Å². The summed E-state index contributed by atoms with van der Waals surface area (Å²) in [6, 6.07) is 3.62. The van der Waals surface area contributed by atoms with Crippen molar-refractivity contribution in [2.24, 2.45) is 5.92 Å². The van der Waals surface area contributed by atoms with Crippen molar-refractivity contribution >= 4 is 45.9 Å². The second-order valence-electron chi connectivity index (χ2n) is 3.51. The zero-order valence-corrected chi connectivity index (χ0v) is 11.2. The third-order valence-corrected chi connectivity index (χ3v) is 3.90. The molecule has 1 saturated heterocycles. The number of hydrogen-bond acceptors (Lipinski definition) is 2. The van der Waals surface area contributed by atoms with E-state index in [4.69, 9.17) is 18.0 Å². The van der Waals surface area contributed by atoms with Crippen molar-refractivity contribution in [1.29, 1.82) is 0 Å². The molecule has 1 unspecified atom stereocenters. The molecular weight excluding hydrogens is 338 g/mol. The molecule has 16 heavy (non-hydrogen) atoms. The van der Waals surface area contributed by atoms with Crippen LogP contribution in [0.15, 0.2) is 12.1 Å². The van der Waals surface area contributed by atoms with E-state index in [1.165, 1.54) is 0 Å². The maximum atomic E-state index is 11.7. The summed E-state index contributed by atoms with van der Waals surface area (Å²) in [6.07, 6.45) is 5.70. The van der Waals surface area contributed by atoms with Crippen LogP contribution in [0, 0.1) is 21.8 Å². The van der Waals surface area contributed by atoms with Crippen molar-refractivity contribution in [3.8, 4) is 12.3 Å². The molecule has 82 valence electrons. The minimum atomic E-state index is -0.0210. The summed E-state index contributed by atoms with van der Waals surface area (Å²) in [5.74, 6) is 3.16. The molecule has 0 N–H and O–H groups in total. The molecule has 0 aromatic carbocycles. The molecule has 1 atom stereocenters. The fraction of sp³-hybridized carbons (Fsp3) is 0.273. The Hall–Kier alpha value is -0.800. The summed E-state index contributed by atoms with van der Waals surface area (Å²) < 4.78 is 0.864. The Morgan fingerprint density at radius 3 is 2.94 bits per heavy atom. The lowest BCUT2D eigenvalue weighted by molar-refractivity contribution is -0.117. The number of amides is 1. The highest BCUT2D eigenvalue weighted by atomic mass is 127. The number of aromatic nitrogens is 1. The fourth-order valence-corrected chi connectivity index (χ4v) is 2.05. The summed E-state index contributed by atoms with van der Waals surface area (Å²) in [6.45, 7) is 0.527. The van der Waals surface area contributed by atoms with Gasteiger partial charge in [0, 0.05) is 18.9 Å². The summed E-state index contributed by atoms with van der Waals surface area (Å²) in [5.41, 5.74) is 0. The molecule has 1 aromatic heterocycles. The highest BCUT2D eigenvalue weighted by Crippen LogP contribution is 2.26. The largest absolute Gasteiger partial charge is 0.295 e. The van der Waals surface area contributed by atoms with Crippen LogP contribution in [-0.2, 0) is 4.79 Å². The van der Waals surface area contributed by atoms with Crippen LogP contribution in [-0.4, -0.2) is 17.4 Å². The summed E-state index contributed by atoms with van der Waals surface area (Å²) in [7, 11) is 0. The van der Waals surface area contributed by atoms with Gasteiger partial charge in [0.1, 0.15) is 11.0 Å². The third-order valence-electron chi connectivity index (χ3n) is 2.43. The van der Waals surface area contributed by atoms with Crippen LogP contribution >= 0.6 is 34.2 Å². The van der Waals surface area contributed by atoms with Crippen molar-refractivity contribution < 1.29 is 4.79 Å². The van der Waals surface area contributed by atoms with Crippen molar-refractivity contribution in [1.82, 2.24) is 4.98 Å². The van der Waals surface area contributed by atoms with E-state index in [9.17, 15) is 4.79 Å². The van der Waals surface area contributed by atoms with E-state index in [0.29, 0.717) is 23.9 Å². The first-order valence-corrected chi connectivity index (χ1v) is 6.16. The molecule has 1 amide bonds. The van der Waals surface area contributed by atoms with Crippen molar-refractivity contribution in [2.45, 2.75) is 6.42 Å². The number of nitrogens with zero attached hydrogens (tertiary/aromatic N) is 2. The monoisotopic (exact) mass is 346 g/mol. The lowest BCUT2D eigenvalue weighted by atomic mass is 10.1. The SMILES string of the molecule is C#CC1CC(=O)N(c2ccc(I)c(Cl)n2)C1. The van der Waals surface area contributed by atoms with E-state index < -0.39 is 0 Å². The average Bonchev–Trinajstić information content (AvgIpc) is 2.64. The molecule has 2 rings (SSSR count). The first-order valence-electron chi connectivity index (χ1n) is 4.70. The number of hydrogen-bond donors (Lipinski definition) is 0. The minimum absolute atomic E-state index is 0.00715. The van der Waals surface area contributed by atoms with Gasteiger partial charge in [0.2, 0.25) is 5.91 Å². The molecule has 1 aliphatic heterocycles. The molecule has 1 fully saturated rings. The zero-order valence-electron chi connectivity index (χ0n) is 8.28. The fourth-order valence-electron chi connectivity index (χ4n) is 1.60. The molecule has 0 radical (unpaired) electrons. The van der Waals surface area contributed by atoms with Crippen LogP contribution in [0.4, 0.5) is 5.82 Å². The quantitative estimate of drug-likeness (QED) is 0.444. The lowest BCUT2D eigenvalue weighted by Gasteiger charge is -2.14. The Morgan fingerprint density at radius 2 is 2.38 bits per heavy atom. The number of anilines is 1. The first kappa shape index (κ1) is 11.7. The van der Waals surface area contributed by atoms with Gasteiger partial charge in [-0.15, -0.1) is 12.3 Å². The molecule has 1 aliphatic rings. The third kappa shape index (κ3) is 2.15. The minimum Gasteiger partial charge on any atom is -0.295 e.